The minimum atomic E-state index is 0.595. The Kier molecular flexibility index (Phi) is 5.42. The molecule has 1 unspecified atom stereocenters. The van der Waals surface area contributed by atoms with Gasteiger partial charge >= 0.3 is 0 Å². The second kappa shape index (κ2) is 8.30. The quantitative estimate of drug-likeness (QED) is 0.513. The number of rotatable bonds is 4. The maximum atomic E-state index is 4.51. The first kappa shape index (κ1) is 17.7. The number of nitrogens with one attached hydrogen (secondary N) is 1. The molecule has 4 nitrogen and oxygen atoms in total. The molecule has 140 valence electrons. The van der Waals surface area contributed by atoms with E-state index >= 15 is 0 Å². The van der Waals surface area contributed by atoms with Gasteiger partial charge in [-0.05, 0) is 29.7 Å². The highest BCUT2D eigenvalue weighted by Gasteiger charge is 2.25. The Morgan fingerprint density at radius 3 is 2.48 bits per heavy atom. The summed E-state index contributed by atoms with van der Waals surface area (Å²) in [6.45, 7) is 4.92. The van der Waals surface area contributed by atoms with Gasteiger partial charge < -0.3 is 15.1 Å². The molecule has 0 radical (unpaired) electrons. The third-order valence-electron chi connectivity index (χ3n) is 5.54. The third-order valence-corrected chi connectivity index (χ3v) is 5.54. The zero-order valence-electron chi connectivity index (χ0n) is 16.0. The molecule has 4 rings (SSSR count). The van der Waals surface area contributed by atoms with Gasteiger partial charge in [-0.1, -0.05) is 54.6 Å². The summed E-state index contributed by atoms with van der Waals surface area (Å²) in [5, 5.41) is 3.54. The van der Waals surface area contributed by atoms with Gasteiger partial charge in [0.25, 0.3) is 0 Å². The number of likely N-dealkylation sites (tertiary alicyclic amines) is 1. The van der Waals surface area contributed by atoms with E-state index in [0.717, 1.165) is 38.7 Å². The van der Waals surface area contributed by atoms with E-state index in [0.29, 0.717) is 5.92 Å². The molecule has 2 aliphatic heterocycles. The fourth-order valence-corrected chi connectivity index (χ4v) is 3.98. The highest BCUT2D eigenvalue weighted by Crippen LogP contribution is 2.27. The Balaban J connectivity index is 1.32. The molecule has 2 aromatic rings. The summed E-state index contributed by atoms with van der Waals surface area (Å²) in [5.41, 5.74) is 4.01. The highest BCUT2D eigenvalue weighted by atomic mass is 15.3. The molecule has 1 atom stereocenters. The van der Waals surface area contributed by atoms with Gasteiger partial charge in [0.15, 0.2) is 5.96 Å². The van der Waals surface area contributed by atoms with Gasteiger partial charge in [-0.2, -0.15) is 0 Å². The molecule has 1 N–H and O–H groups in total. The standard InChI is InChI=1S/C23H28N4/c1-24-23(27-16-13-21(18-27)20-7-3-2-4-8-20)25-17-19-9-11-22(12-10-19)26-14-5-6-15-26/h2-12,21H,13-18H2,1H3,(H,24,25). The first-order chi connectivity index (χ1) is 13.3. The van der Waals surface area contributed by atoms with Crippen LogP contribution in [0.3, 0.4) is 0 Å². The fourth-order valence-electron chi connectivity index (χ4n) is 3.98. The predicted molar refractivity (Wildman–Crippen MR) is 113 cm³/mol. The number of nitrogens with zero attached hydrogens (tertiary/aromatic N) is 3. The average molecular weight is 361 g/mol. The summed E-state index contributed by atoms with van der Waals surface area (Å²) in [4.78, 5) is 9.25. The lowest BCUT2D eigenvalue weighted by atomic mass is 9.99. The Morgan fingerprint density at radius 1 is 1.04 bits per heavy atom. The number of anilines is 1. The largest absolute Gasteiger partial charge is 0.364 e. The smallest absolute Gasteiger partial charge is 0.193 e. The Labute approximate surface area is 162 Å². The van der Waals surface area contributed by atoms with E-state index in [1.165, 1.54) is 23.2 Å². The van der Waals surface area contributed by atoms with Gasteiger partial charge in [-0.15, -0.1) is 0 Å². The molecule has 2 aliphatic rings. The number of hydrogen-bond acceptors (Lipinski definition) is 2. The summed E-state index contributed by atoms with van der Waals surface area (Å²) in [7, 11) is 1.88. The number of aliphatic imine (C=N–C) groups is 1. The molecule has 27 heavy (non-hydrogen) atoms. The molecule has 1 saturated heterocycles. The van der Waals surface area contributed by atoms with Gasteiger partial charge in [0.05, 0.1) is 0 Å². The lowest BCUT2D eigenvalue weighted by Crippen LogP contribution is -2.39. The third kappa shape index (κ3) is 4.16. The van der Waals surface area contributed by atoms with Gasteiger partial charge in [-0.3, -0.25) is 4.99 Å². The SMILES string of the molecule is CN=C(NCc1ccc(N2CC=CC2)cc1)N1CCC(c2ccccc2)C1. The van der Waals surface area contributed by atoms with Crippen molar-refractivity contribution in [3.63, 3.8) is 0 Å². The highest BCUT2D eigenvalue weighted by molar-refractivity contribution is 5.80. The second-order valence-corrected chi connectivity index (χ2v) is 7.29. The second-order valence-electron chi connectivity index (χ2n) is 7.29. The van der Waals surface area contributed by atoms with E-state index in [-0.39, 0.29) is 0 Å². The van der Waals surface area contributed by atoms with Crippen LogP contribution >= 0.6 is 0 Å². The molecule has 0 aromatic heterocycles. The van der Waals surface area contributed by atoms with E-state index in [1.54, 1.807) is 0 Å². The van der Waals surface area contributed by atoms with Gasteiger partial charge in [0.1, 0.15) is 0 Å². The molecule has 0 spiro atoms. The van der Waals surface area contributed by atoms with Crippen LogP contribution in [0.5, 0.6) is 0 Å². The van der Waals surface area contributed by atoms with Crippen molar-refractivity contribution in [3.05, 3.63) is 77.9 Å². The summed E-state index contributed by atoms with van der Waals surface area (Å²) in [6, 6.07) is 19.7. The zero-order chi connectivity index (χ0) is 18.5. The molecule has 0 bridgehead atoms. The Morgan fingerprint density at radius 2 is 1.78 bits per heavy atom. The van der Waals surface area contributed by atoms with Crippen LogP contribution in [0.15, 0.2) is 71.7 Å². The van der Waals surface area contributed by atoms with Crippen molar-refractivity contribution >= 4 is 11.6 Å². The molecule has 1 fully saturated rings. The monoisotopic (exact) mass is 360 g/mol. The lowest BCUT2D eigenvalue weighted by Gasteiger charge is -2.22. The summed E-state index contributed by atoms with van der Waals surface area (Å²) in [6.07, 6.45) is 5.62. The average Bonchev–Trinajstić information content (AvgIpc) is 3.42. The van der Waals surface area contributed by atoms with Gasteiger partial charge in [0, 0.05) is 51.4 Å². The Hall–Kier alpha value is -2.75. The van der Waals surface area contributed by atoms with Crippen LogP contribution in [0.1, 0.15) is 23.5 Å². The van der Waals surface area contributed by atoms with Crippen molar-refractivity contribution in [3.8, 4) is 0 Å². The number of hydrogen-bond donors (Lipinski definition) is 1. The van der Waals surface area contributed by atoms with Crippen LogP contribution in [0.2, 0.25) is 0 Å². The summed E-state index contributed by atoms with van der Waals surface area (Å²) < 4.78 is 0. The molecule has 2 aromatic carbocycles. The van der Waals surface area contributed by atoms with E-state index < -0.39 is 0 Å². The predicted octanol–water partition coefficient (Wildman–Crippen LogP) is 3.63. The minimum absolute atomic E-state index is 0.595. The van der Waals surface area contributed by atoms with E-state index in [9.17, 15) is 0 Å². The summed E-state index contributed by atoms with van der Waals surface area (Å²) >= 11 is 0. The fraction of sp³-hybridized carbons (Fsp3) is 0.348. The van der Waals surface area contributed by atoms with Crippen LogP contribution in [0, 0.1) is 0 Å². The molecule has 0 saturated carbocycles. The van der Waals surface area contributed by atoms with E-state index in [2.05, 4.69) is 86.9 Å². The van der Waals surface area contributed by atoms with Gasteiger partial charge in [-0.25, -0.2) is 0 Å². The molecular weight excluding hydrogens is 332 g/mol. The number of guanidine groups is 1. The normalized spacial score (nSPS) is 19.7. The molecule has 4 heteroatoms. The van der Waals surface area contributed by atoms with Crippen molar-refractivity contribution in [2.24, 2.45) is 4.99 Å². The van der Waals surface area contributed by atoms with Crippen molar-refractivity contribution in [1.82, 2.24) is 10.2 Å². The van der Waals surface area contributed by atoms with Crippen molar-refractivity contribution in [2.45, 2.75) is 18.9 Å². The van der Waals surface area contributed by atoms with Crippen LogP contribution < -0.4 is 10.2 Å². The molecule has 2 heterocycles. The molecular formula is C23H28N4. The Bertz CT molecular complexity index is 787. The van der Waals surface area contributed by atoms with E-state index in [4.69, 9.17) is 0 Å². The summed E-state index contributed by atoms with van der Waals surface area (Å²) in [5.74, 6) is 1.60. The zero-order valence-corrected chi connectivity index (χ0v) is 16.0. The van der Waals surface area contributed by atoms with Gasteiger partial charge in [0.2, 0.25) is 0 Å². The number of benzene rings is 2. The van der Waals surface area contributed by atoms with Crippen molar-refractivity contribution < 1.29 is 0 Å². The molecule has 0 aliphatic carbocycles. The van der Waals surface area contributed by atoms with Crippen LogP contribution in [-0.4, -0.2) is 44.1 Å². The van der Waals surface area contributed by atoms with Crippen LogP contribution in [-0.2, 0) is 6.54 Å². The first-order valence-electron chi connectivity index (χ1n) is 9.83. The van der Waals surface area contributed by atoms with Crippen LogP contribution in [0.4, 0.5) is 5.69 Å². The van der Waals surface area contributed by atoms with Crippen molar-refractivity contribution in [2.75, 3.05) is 38.1 Å². The van der Waals surface area contributed by atoms with Crippen molar-refractivity contribution in [1.29, 1.82) is 0 Å². The minimum Gasteiger partial charge on any atom is -0.364 e. The topological polar surface area (TPSA) is 30.9 Å². The molecule has 0 amide bonds. The lowest BCUT2D eigenvalue weighted by molar-refractivity contribution is 0.486. The maximum Gasteiger partial charge on any atom is 0.193 e. The van der Waals surface area contributed by atoms with Crippen LogP contribution in [0.25, 0.3) is 0 Å². The van der Waals surface area contributed by atoms with E-state index in [1.807, 2.05) is 7.05 Å². The first-order valence-corrected chi connectivity index (χ1v) is 9.83. The maximum absolute atomic E-state index is 4.51.